The van der Waals surface area contributed by atoms with Crippen LogP contribution >= 0.6 is 38.8 Å². The van der Waals surface area contributed by atoms with Crippen LogP contribution in [-0.4, -0.2) is 0 Å². The van der Waals surface area contributed by atoms with E-state index in [0.717, 1.165) is 10.2 Å². The molecule has 0 aliphatic rings. The summed E-state index contributed by atoms with van der Waals surface area (Å²) in [4.78, 5) is 0. The summed E-state index contributed by atoms with van der Waals surface area (Å²) >= 11 is 5.46. The van der Waals surface area contributed by atoms with Gasteiger partial charge in [0.05, 0.1) is 22.9 Å². The molecule has 1 rings (SSSR count). The Hall–Kier alpha value is 0.230. The number of rotatable bonds is 1. The number of hydrogen-bond acceptors (Lipinski definition) is 1. The monoisotopic (exact) mass is 297 g/mol. The van der Waals surface area contributed by atoms with Gasteiger partial charge in [0.15, 0.2) is 0 Å². The van der Waals surface area contributed by atoms with E-state index in [1.54, 1.807) is 0 Å². The maximum absolute atomic E-state index is 3.36. The smallest absolute Gasteiger partial charge is 0.0560 e. The molecule has 9 heavy (non-hydrogen) atoms. The first kappa shape index (κ1) is 7.34. The molecular formula is C6H5BrIN. The molecule has 0 unspecified atom stereocenters. The van der Waals surface area contributed by atoms with Crippen molar-refractivity contribution in [3.8, 4) is 0 Å². The van der Waals surface area contributed by atoms with E-state index in [2.05, 4.69) is 42.3 Å². The second kappa shape index (κ2) is 3.41. The van der Waals surface area contributed by atoms with Crippen LogP contribution in [0.2, 0.25) is 0 Å². The molecule has 0 saturated heterocycles. The summed E-state index contributed by atoms with van der Waals surface area (Å²) < 4.78 is 4.11. The lowest BCUT2D eigenvalue weighted by Gasteiger charge is -1.95. The molecule has 0 atom stereocenters. The van der Waals surface area contributed by atoms with E-state index in [4.69, 9.17) is 0 Å². The van der Waals surface area contributed by atoms with Crippen LogP contribution in [0.5, 0.6) is 0 Å². The maximum Gasteiger partial charge on any atom is 0.0560 e. The second-order valence-electron chi connectivity index (χ2n) is 1.60. The molecule has 1 aromatic rings. The van der Waals surface area contributed by atoms with Crippen LogP contribution in [0, 0.1) is 0 Å². The molecule has 0 aliphatic carbocycles. The molecule has 0 aliphatic heterocycles. The Labute approximate surface area is 76.5 Å². The molecule has 1 aromatic carbocycles. The number of nitrogens with one attached hydrogen (secondary N) is 1. The Bertz CT molecular complexity index is 202. The lowest BCUT2D eigenvalue weighted by molar-refractivity contribution is 1.65. The SMILES string of the molecule is Brc1cccc(NI)c1. The first-order valence-corrected chi connectivity index (χ1v) is 4.32. The Morgan fingerprint density at radius 3 is 2.67 bits per heavy atom. The minimum absolute atomic E-state index is 1.10. The fraction of sp³-hybridized carbons (Fsp3) is 0. The van der Waals surface area contributed by atoms with Gasteiger partial charge in [-0.15, -0.1) is 0 Å². The van der Waals surface area contributed by atoms with Gasteiger partial charge in [-0.05, 0) is 18.2 Å². The Morgan fingerprint density at radius 2 is 2.22 bits per heavy atom. The minimum Gasteiger partial charge on any atom is -0.328 e. The van der Waals surface area contributed by atoms with Gasteiger partial charge < -0.3 is 3.53 Å². The largest absolute Gasteiger partial charge is 0.328 e. The lowest BCUT2D eigenvalue weighted by Crippen LogP contribution is -1.76. The van der Waals surface area contributed by atoms with Crippen molar-refractivity contribution in [2.45, 2.75) is 0 Å². The standard InChI is InChI=1S/C6H5BrIN/c7-5-2-1-3-6(4-5)9-8/h1-4,9H. The van der Waals surface area contributed by atoms with Gasteiger partial charge in [-0.3, -0.25) is 0 Å². The van der Waals surface area contributed by atoms with Gasteiger partial charge in [-0.2, -0.15) is 0 Å². The van der Waals surface area contributed by atoms with Crippen LogP contribution in [0.25, 0.3) is 0 Å². The molecule has 0 heterocycles. The van der Waals surface area contributed by atoms with E-state index in [9.17, 15) is 0 Å². The summed E-state index contributed by atoms with van der Waals surface area (Å²) in [5.41, 5.74) is 1.12. The van der Waals surface area contributed by atoms with E-state index in [1.807, 2.05) is 24.3 Å². The lowest BCUT2D eigenvalue weighted by atomic mass is 10.3. The Morgan fingerprint density at radius 1 is 1.44 bits per heavy atom. The average Bonchev–Trinajstić information content (AvgIpc) is 1.88. The van der Waals surface area contributed by atoms with Gasteiger partial charge in [-0.25, -0.2) is 0 Å². The van der Waals surface area contributed by atoms with Crippen LogP contribution in [0.3, 0.4) is 0 Å². The third-order valence-electron chi connectivity index (χ3n) is 0.934. The molecule has 1 nitrogen and oxygen atoms in total. The molecule has 0 saturated carbocycles. The van der Waals surface area contributed by atoms with Crippen molar-refractivity contribution in [3.05, 3.63) is 28.7 Å². The maximum atomic E-state index is 3.36. The summed E-state index contributed by atoms with van der Waals surface area (Å²) in [5, 5.41) is 0. The fourth-order valence-electron chi connectivity index (χ4n) is 0.547. The molecular weight excluding hydrogens is 293 g/mol. The van der Waals surface area contributed by atoms with E-state index < -0.39 is 0 Å². The summed E-state index contributed by atoms with van der Waals surface area (Å²) in [5.74, 6) is 0. The molecule has 0 spiro atoms. The minimum atomic E-state index is 1.10. The Kier molecular flexibility index (Phi) is 2.78. The van der Waals surface area contributed by atoms with Crippen molar-refractivity contribution in [1.29, 1.82) is 0 Å². The molecule has 0 fully saturated rings. The predicted molar refractivity (Wildman–Crippen MR) is 51.8 cm³/mol. The zero-order valence-corrected chi connectivity index (χ0v) is 8.31. The molecule has 48 valence electrons. The second-order valence-corrected chi connectivity index (χ2v) is 3.06. The average molecular weight is 298 g/mol. The van der Waals surface area contributed by atoms with Gasteiger partial charge in [0.25, 0.3) is 0 Å². The van der Waals surface area contributed by atoms with Crippen molar-refractivity contribution in [2.75, 3.05) is 3.53 Å². The highest BCUT2D eigenvalue weighted by molar-refractivity contribution is 14.1. The van der Waals surface area contributed by atoms with Crippen molar-refractivity contribution in [1.82, 2.24) is 0 Å². The van der Waals surface area contributed by atoms with Crippen LogP contribution in [-0.2, 0) is 0 Å². The summed E-state index contributed by atoms with van der Waals surface area (Å²) in [6.45, 7) is 0. The van der Waals surface area contributed by atoms with Crippen LogP contribution in [0.15, 0.2) is 28.7 Å². The first-order valence-electron chi connectivity index (χ1n) is 2.45. The highest BCUT2D eigenvalue weighted by atomic mass is 127. The van der Waals surface area contributed by atoms with Gasteiger partial charge in [-0.1, -0.05) is 22.0 Å². The van der Waals surface area contributed by atoms with Crippen molar-refractivity contribution in [2.24, 2.45) is 0 Å². The molecule has 0 radical (unpaired) electrons. The topological polar surface area (TPSA) is 12.0 Å². The van der Waals surface area contributed by atoms with Crippen LogP contribution in [0.4, 0.5) is 5.69 Å². The zero-order chi connectivity index (χ0) is 6.69. The molecule has 0 aromatic heterocycles. The highest BCUT2D eigenvalue weighted by Gasteiger charge is 1.87. The van der Waals surface area contributed by atoms with Crippen molar-refractivity contribution >= 4 is 44.5 Å². The van der Waals surface area contributed by atoms with Crippen LogP contribution < -0.4 is 3.53 Å². The van der Waals surface area contributed by atoms with Crippen molar-refractivity contribution < 1.29 is 0 Å². The van der Waals surface area contributed by atoms with Crippen LogP contribution in [0.1, 0.15) is 0 Å². The normalized spacial score (nSPS) is 9.11. The zero-order valence-electron chi connectivity index (χ0n) is 4.57. The third-order valence-corrected chi connectivity index (χ3v) is 2.05. The van der Waals surface area contributed by atoms with Gasteiger partial charge in [0.2, 0.25) is 0 Å². The summed E-state index contributed by atoms with van der Waals surface area (Å²) in [6.07, 6.45) is 0. The molecule has 3 heteroatoms. The Balaban J connectivity index is 2.94. The molecule has 0 amide bonds. The molecule has 1 N–H and O–H groups in total. The summed E-state index contributed by atoms with van der Waals surface area (Å²) in [6, 6.07) is 8.02. The number of anilines is 1. The number of benzene rings is 1. The van der Waals surface area contributed by atoms with Crippen molar-refractivity contribution in [3.63, 3.8) is 0 Å². The highest BCUT2D eigenvalue weighted by Crippen LogP contribution is 2.16. The van der Waals surface area contributed by atoms with Gasteiger partial charge in [0, 0.05) is 10.2 Å². The van der Waals surface area contributed by atoms with E-state index in [-0.39, 0.29) is 0 Å². The van der Waals surface area contributed by atoms with E-state index in [0.29, 0.717) is 0 Å². The van der Waals surface area contributed by atoms with E-state index in [1.165, 1.54) is 0 Å². The summed E-state index contributed by atoms with van der Waals surface area (Å²) in [7, 11) is 0. The first-order chi connectivity index (χ1) is 4.33. The van der Waals surface area contributed by atoms with Gasteiger partial charge in [0.1, 0.15) is 0 Å². The van der Waals surface area contributed by atoms with Gasteiger partial charge >= 0.3 is 0 Å². The quantitative estimate of drug-likeness (QED) is 0.620. The molecule has 0 bridgehead atoms. The number of halogens is 2. The van der Waals surface area contributed by atoms with E-state index >= 15 is 0 Å². The predicted octanol–water partition coefficient (Wildman–Crippen LogP) is 3.21. The third kappa shape index (κ3) is 2.14. The number of hydrogen-bond donors (Lipinski definition) is 1. The fourth-order valence-corrected chi connectivity index (χ4v) is 1.28.